The van der Waals surface area contributed by atoms with Gasteiger partial charge in [0.2, 0.25) is 0 Å². The number of hydrogen-bond acceptors (Lipinski definition) is 3. The minimum Gasteiger partial charge on any atom is -0.312 e. The Labute approximate surface area is 103 Å². The Bertz CT molecular complexity index is 324. The van der Waals surface area contributed by atoms with Crippen molar-refractivity contribution >= 4 is 11.3 Å². The number of rotatable bonds is 4. The monoisotopic (exact) mass is 238 g/mol. The average Bonchev–Trinajstić information content (AvgIpc) is 2.76. The van der Waals surface area contributed by atoms with Gasteiger partial charge in [-0.15, -0.1) is 11.3 Å². The van der Waals surface area contributed by atoms with Crippen LogP contribution in [0.15, 0.2) is 11.4 Å². The Morgan fingerprint density at radius 3 is 2.94 bits per heavy atom. The van der Waals surface area contributed by atoms with Gasteiger partial charge in [-0.1, -0.05) is 0 Å². The molecule has 2 unspecified atom stereocenters. The zero-order valence-corrected chi connectivity index (χ0v) is 11.3. The van der Waals surface area contributed by atoms with Gasteiger partial charge in [0.25, 0.3) is 0 Å². The summed E-state index contributed by atoms with van der Waals surface area (Å²) < 4.78 is 0. The third-order valence-corrected chi connectivity index (χ3v) is 4.72. The van der Waals surface area contributed by atoms with Crippen molar-refractivity contribution in [2.75, 3.05) is 20.1 Å². The Balaban J connectivity index is 1.71. The van der Waals surface area contributed by atoms with Crippen molar-refractivity contribution in [1.29, 1.82) is 0 Å². The molecule has 0 bridgehead atoms. The van der Waals surface area contributed by atoms with E-state index in [1.54, 1.807) is 0 Å². The summed E-state index contributed by atoms with van der Waals surface area (Å²) in [7, 11) is 2.22. The quantitative estimate of drug-likeness (QED) is 0.866. The van der Waals surface area contributed by atoms with Crippen molar-refractivity contribution in [2.24, 2.45) is 0 Å². The minimum absolute atomic E-state index is 0.695. The van der Waals surface area contributed by atoms with Crippen LogP contribution >= 0.6 is 11.3 Å². The van der Waals surface area contributed by atoms with E-state index in [0.29, 0.717) is 6.04 Å². The molecule has 2 atom stereocenters. The maximum absolute atomic E-state index is 3.67. The summed E-state index contributed by atoms with van der Waals surface area (Å²) >= 11 is 1.88. The number of aryl methyl sites for hydroxylation is 1. The molecular formula is C13H22N2S. The van der Waals surface area contributed by atoms with Crippen molar-refractivity contribution in [1.82, 2.24) is 10.2 Å². The number of hydrogen-bond donors (Lipinski definition) is 1. The van der Waals surface area contributed by atoms with Crippen LogP contribution in [0.1, 0.15) is 23.8 Å². The summed E-state index contributed by atoms with van der Waals surface area (Å²) in [5.74, 6) is 0. The summed E-state index contributed by atoms with van der Waals surface area (Å²) in [6.45, 7) is 6.83. The van der Waals surface area contributed by atoms with Crippen LogP contribution in [-0.4, -0.2) is 37.1 Å². The first-order valence-corrected chi connectivity index (χ1v) is 7.01. The Morgan fingerprint density at radius 2 is 2.38 bits per heavy atom. The van der Waals surface area contributed by atoms with Gasteiger partial charge in [0.1, 0.15) is 0 Å². The fourth-order valence-corrected chi connectivity index (χ4v) is 3.30. The van der Waals surface area contributed by atoms with E-state index in [0.717, 1.165) is 12.6 Å². The summed E-state index contributed by atoms with van der Waals surface area (Å²) in [5, 5.41) is 5.86. The molecule has 0 saturated carbocycles. The summed E-state index contributed by atoms with van der Waals surface area (Å²) in [6, 6.07) is 3.65. The highest BCUT2D eigenvalue weighted by molar-refractivity contribution is 7.10. The highest BCUT2D eigenvalue weighted by Crippen LogP contribution is 2.17. The second-order valence-corrected chi connectivity index (χ2v) is 5.95. The van der Waals surface area contributed by atoms with Crippen molar-refractivity contribution < 1.29 is 0 Å². The van der Waals surface area contributed by atoms with E-state index in [2.05, 4.69) is 42.6 Å². The van der Waals surface area contributed by atoms with Gasteiger partial charge < -0.3 is 10.2 Å². The van der Waals surface area contributed by atoms with Crippen molar-refractivity contribution in [3.8, 4) is 0 Å². The van der Waals surface area contributed by atoms with E-state index in [1.165, 1.54) is 29.8 Å². The highest BCUT2D eigenvalue weighted by Gasteiger charge is 2.25. The van der Waals surface area contributed by atoms with E-state index in [4.69, 9.17) is 0 Å². The van der Waals surface area contributed by atoms with Gasteiger partial charge in [-0.2, -0.15) is 0 Å². The second kappa shape index (κ2) is 5.30. The molecule has 1 aliphatic heterocycles. The molecule has 0 aliphatic carbocycles. The molecule has 1 aliphatic rings. The van der Waals surface area contributed by atoms with Gasteiger partial charge >= 0.3 is 0 Å². The SMILES string of the molecule is Cc1ccsc1CCNC1CC(C)N(C)C1. The Hall–Kier alpha value is -0.380. The Kier molecular flexibility index (Phi) is 4.00. The lowest BCUT2D eigenvalue weighted by molar-refractivity contribution is 0.327. The number of thiophene rings is 1. The molecule has 2 rings (SSSR count). The maximum Gasteiger partial charge on any atom is 0.0209 e. The molecule has 1 fully saturated rings. The van der Waals surface area contributed by atoms with Gasteiger partial charge in [0, 0.05) is 30.1 Å². The standard InChI is InChI=1S/C13H22N2S/c1-10-5-7-16-13(10)4-6-14-12-8-11(2)15(3)9-12/h5,7,11-12,14H,4,6,8-9H2,1-3H3. The summed E-state index contributed by atoms with van der Waals surface area (Å²) in [4.78, 5) is 3.97. The fraction of sp³-hybridized carbons (Fsp3) is 0.692. The van der Waals surface area contributed by atoms with Crippen LogP contribution in [0, 0.1) is 6.92 Å². The number of nitrogens with zero attached hydrogens (tertiary/aromatic N) is 1. The third-order valence-electron chi connectivity index (χ3n) is 3.64. The summed E-state index contributed by atoms with van der Waals surface area (Å²) in [6.07, 6.45) is 2.47. The van der Waals surface area contributed by atoms with E-state index in [-0.39, 0.29) is 0 Å². The van der Waals surface area contributed by atoms with Crippen LogP contribution in [0.2, 0.25) is 0 Å². The van der Waals surface area contributed by atoms with Crippen LogP contribution in [0.25, 0.3) is 0 Å². The Morgan fingerprint density at radius 1 is 1.56 bits per heavy atom. The molecule has 2 heterocycles. The second-order valence-electron chi connectivity index (χ2n) is 4.95. The maximum atomic E-state index is 3.67. The molecule has 1 aromatic heterocycles. The molecule has 0 spiro atoms. The van der Waals surface area contributed by atoms with E-state index in [1.807, 2.05) is 11.3 Å². The zero-order chi connectivity index (χ0) is 11.5. The fourth-order valence-electron chi connectivity index (χ4n) is 2.39. The first kappa shape index (κ1) is 12.1. The first-order chi connectivity index (χ1) is 7.66. The molecule has 16 heavy (non-hydrogen) atoms. The van der Waals surface area contributed by atoms with Gasteiger partial charge in [-0.3, -0.25) is 0 Å². The van der Waals surface area contributed by atoms with Crippen LogP contribution < -0.4 is 5.32 Å². The van der Waals surface area contributed by atoms with Gasteiger partial charge in [0.15, 0.2) is 0 Å². The lowest BCUT2D eigenvalue weighted by Crippen LogP contribution is -2.32. The van der Waals surface area contributed by atoms with Crippen molar-refractivity contribution in [2.45, 2.75) is 38.8 Å². The summed E-state index contributed by atoms with van der Waals surface area (Å²) in [5.41, 5.74) is 1.45. The number of likely N-dealkylation sites (N-methyl/N-ethyl adjacent to an activating group) is 1. The number of likely N-dealkylation sites (tertiary alicyclic amines) is 1. The van der Waals surface area contributed by atoms with E-state index in [9.17, 15) is 0 Å². The van der Waals surface area contributed by atoms with Crippen molar-refractivity contribution in [3.63, 3.8) is 0 Å². The van der Waals surface area contributed by atoms with Gasteiger partial charge in [-0.25, -0.2) is 0 Å². The van der Waals surface area contributed by atoms with Crippen LogP contribution in [0.3, 0.4) is 0 Å². The number of nitrogens with one attached hydrogen (secondary N) is 1. The molecule has 0 radical (unpaired) electrons. The van der Waals surface area contributed by atoms with Crippen LogP contribution in [0.5, 0.6) is 0 Å². The molecule has 1 saturated heterocycles. The predicted octanol–water partition coefficient (Wildman–Crippen LogP) is 2.28. The van der Waals surface area contributed by atoms with E-state index >= 15 is 0 Å². The van der Waals surface area contributed by atoms with E-state index < -0.39 is 0 Å². The average molecular weight is 238 g/mol. The molecule has 0 aromatic carbocycles. The molecular weight excluding hydrogens is 216 g/mol. The predicted molar refractivity (Wildman–Crippen MR) is 71.3 cm³/mol. The molecule has 3 heteroatoms. The minimum atomic E-state index is 0.695. The lowest BCUT2D eigenvalue weighted by atomic mass is 10.2. The van der Waals surface area contributed by atoms with Gasteiger partial charge in [-0.05, 0) is 50.7 Å². The normalized spacial score (nSPS) is 26.4. The zero-order valence-electron chi connectivity index (χ0n) is 10.5. The third kappa shape index (κ3) is 2.84. The van der Waals surface area contributed by atoms with Crippen molar-refractivity contribution in [3.05, 3.63) is 21.9 Å². The topological polar surface area (TPSA) is 15.3 Å². The molecule has 2 nitrogen and oxygen atoms in total. The van der Waals surface area contributed by atoms with Crippen LogP contribution in [-0.2, 0) is 6.42 Å². The smallest absolute Gasteiger partial charge is 0.0209 e. The highest BCUT2D eigenvalue weighted by atomic mass is 32.1. The lowest BCUT2D eigenvalue weighted by Gasteiger charge is -2.13. The molecule has 0 amide bonds. The molecule has 1 aromatic rings. The molecule has 90 valence electrons. The van der Waals surface area contributed by atoms with Gasteiger partial charge in [0.05, 0.1) is 0 Å². The molecule has 1 N–H and O–H groups in total. The first-order valence-electron chi connectivity index (χ1n) is 6.13. The largest absolute Gasteiger partial charge is 0.312 e. The van der Waals surface area contributed by atoms with Crippen LogP contribution in [0.4, 0.5) is 0 Å².